The summed E-state index contributed by atoms with van der Waals surface area (Å²) < 4.78 is 17.0. The summed E-state index contributed by atoms with van der Waals surface area (Å²) >= 11 is 0. The van der Waals surface area contributed by atoms with Crippen LogP contribution in [-0.2, 0) is 6.42 Å². The molecule has 0 radical (unpaired) electrons. The Kier molecular flexibility index (Phi) is 3.94. The van der Waals surface area contributed by atoms with Crippen molar-refractivity contribution in [1.82, 2.24) is 0 Å². The van der Waals surface area contributed by atoms with Crippen molar-refractivity contribution in [3.8, 4) is 28.4 Å². The molecule has 0 aliphatic carbocycles. The second kappa shape index (κ2) is 5.89. The van der Waals surface area contributed by atoms with Crippen LogP contribution in [0.3, 0.4) is 0 Å². The van der Waals surface area contributed by atoms with Crippen molar-refractivity contribution in [2.45, 2.75) is 25.5 Å². The number of hydrogen-bond acceptors (Lipinski definition) is 4. The van der Waals surface area contributed by atoms with E-state index in [4.69, 9.17) is 19.9 Å². The van der Waals surface area contributed by atoms with Crippen molar-refractivity contribution in [2.24, 2.45) is 5.73 Å². The van der Waals surface area contributed by atoms with Crippen LogP contribution >= 0.6 is 0 Å². The lowest BCUT2D eigenvalue weighted by molar-refractivity contribution is 0.207. The summed E-state index contributed by atoms with van der Waals surface area (Å²) in [5.41, 5.74) is 9.16. The molecular weight excluding hydrogens is 278 g/mol. The molecule has 2 atom stereocenters. The maximum Gasteiger partial charge on any atom is 0.168 e. The molecule has 0 spiro atoms. The van der Waals surface area contributed by atoms with Crippen molar-refractivity contribution in [3.05, 3.63) is 42.0 Å². The van der Waals surface area contributed by atoms with Gasteiger partial charge in [-0.3, -0.25) is 0 Å². The highest BCUT2D eigenvalue weighted by atomic mass is 16.5. The molecule has 2 N–H and O–H groups in total. The van der Waals surface area contributed by atoms with Crippen molar-refractivity contribution in [3.63, 3.8) is 0 Å². The molecule has 1 aliphatic heterocycles. The second-order valence-corrected chi connectivity index (χ2v) is 5.55. The molecule has 1 heterocycles. The van der Waals surface area contributed by atoms with E-state index >= 15 is 0 Å². The molecule has 2 aromatic carbocycles. The zero-order valence-corrected chi connectivity index (χ0v) is 13.1. The van der Waals surface area contributed by atoms with Gasteiger partial charge in [0, 0.05) is 23.6 Å². The number of benzene rings is 2. The van der Waals surface area contributed by atoms with E-state index in [0.29, 0.717) is 11.5 Å². The van der Waals surface area contributed by atoms with Gasteiger partial charge in [0.1, 0.15) is 11.9 Å². The molecular formula is C18H21NO3. The average Bonchev–Trinajstić information content (AvgIpc) is 2.98. The number of nitrogens with two attached hydrogens (primary N) is 1. The van der Waals surface area contributed by atoms with Crippen LogP contribution in [0, 0.1) is 0 Å². The lowest BCUT2D eigenvalue weighted by Crippen LogP contribution is -2.34. The highest BCUT2D eigenvalue weighted by molar-refractivity contribution is 5.80. The minimum Gasteiger partial charge on any atom is -0.493 e. The average molecular weight is 299 g/mol. The first-order valence-corrected chi connectivity index (χ1v) is 7.41. The highest BCUT2D eigenvalue weighted by Gasteiger charge is 2.29. The summed E-state index contributed by atoms with van der Waals surface area (Å²) in [6.07, 6.45) is 0.861. The zero-order valence-electron chi connectivity index (χ0n) is 13.1. The van der Waals surface area contributed by atoms with Gasteiger partial charge < -0.3 is 19.9 Å². The molecule has 0 bridgehead atoms. The number of methoxy groups -OCH3 is 2. The predicted octanol–water partition coefficient (Wildman–Crippen LogP) is 3.02. The number of rotatable bonds is 4. The molecule has 0 amide bonds. The van der Waals surface area contributed by atoms with Gasteiger partial charge >= 0.3 is 0 Å². The van der Waals surface area contributed by atoms with Crippen LogP contribution in [0.25, 0.3) is 11.1 Å². The molecule has 2 unspecified atom stereocenters. The van der Waals surface area contributed by atoms with Crippen molar-refractivity contribution in [2.75, 3.05) is 14.2 Å². The summed E-state index contributed by atoms with van der Waals surface area (Å²) in [4.78, 5) is 0. The maximum atomic E-state index is 6.11. The first-order valence-electron chi connectivity index (χ1n) is 7.41. The molecule has 0 saturated carbocycles. The van der Waals surface area contributed by atoms with Crippen LogP contribution in [0.15, 0.2) is 36.4 Å². The fraction of sp³-hybridized carbons (Fsp3) is 0.333. The largest absolute Gasteiger partial charge is 0.493 e. The van der Waals surface area contributed by atoms with E-state index in [2.05, 4.69) is 6.07 Å². The van der Waals surface area contributed by atoms with E-state index in [9.17, 15) is 0 Å². The van der Waals surface area contributed by atoms with Crippen LogP contribution in [0.1, 0.15) is 12.5 Å². The molecule has 116 valence electrons. The number of para-hydroxylation sites is 2. The summed E-state index contributed by atoms with van der Waals surface area (Å²) in [6, 6.07) is 12.0. The van der Waals surface area contributed by atoms with E-state index in [1.54, 1.807) is 14.2 Å². The Morgan fingerprint density at radius 2 is 1.82 bits per heavy atom. The Bertz CT molecular complexity index is 682. The summed E-state index contributed by atoms with van der Waals surface area (Å²) in [6.45, 7) is 1.97. The minimum atomic E-state index is -0.00699. The molecule has 3 rings (SSSR count). The van der Waals surface area contributed by atoms with Crippen LogP contribution in [0.4, 0.5) is 0 Å². The summed E-state index contributed by atoms with van der Waals surface area (Å²) in [5, 5.41) is 0. The minimum absolute atomic E-state index is 0.00699. The van der Waals surface area contributed by atoms with Crippen molar-refractivity contribution >= 4 is 0 Å². The maximum absolute atomic E-state index is 6.11. The molecule has 2 aromatic rings. The Hall–Kier alpha value is -2.20. The van der Waals surface area contributed by atoms with Crippen LogP contribution in [0.5, 0.6) is 17.2 Å². The normalized spacial score (nSPS) is 17.5. The Labute approximate surface area is 130 Å². The standard InChI is InChI=1S/C18H21NO3/c1-11(19)16-10-12-6-4-7-13(17(12)22-16)14-8-5-9-15(20-2)18(14)21-3/h4-9,11,16H,10,19H2,1-3H3. The highest BCUT2D eigenvalue weighted by Crippen LogP contribution is 2.45. The molecule has 0 fully saturated rings. The zero-order chi connectivity index (χ0) is 15.7. The summed E-state index contributed by atoms with van der Waals surface area (Å²) in [7, 11) is 3.29. The molecule has 4 nitrogen and oxygen atoms in total. The van der Waals surface area contributed by atoms with E-state index in [1.165, 1.54) is 5.56 Å². The number of fused-ring (bicyclic) bond motifs is 1. The lowest BCUT2D eigenvalue weighted by atomic mass is 9.99. The molecule has 0 aromatic heterocycles. The van der Waals surface area contributed by atoms with E-state index in [0.717, 1.165) is 23.3 Å². The molecule has 22 heavy (non-hydrogen) atoms. The quantitative estimate of drug-likeness (QED) is 0.943. The Balaban J connectivity index is 2.11. The lowest BCUT2D eigenvalue weighted by Gasteiger charge is -2.17. The third-order valence-electron chi connectivity index (χ3n) is 4.07. The third kappa shape index (κ3) is 2.40. The van der Waals surface area contributed by atoms with Gasteiger partial charge in [0.2, 0.25) is 0 Å². The molecule has 1 aliphatic rings. The van der Waals surface area contributed by atoms with Gasteiger partial charge in [0.15, 0.2) is 11.5 Å². The third-order valence-corrected chi connectivity index (χ3v) is 4.07. The van der Waals surface area contributed by atoms with Gasteiger partial charge in [-0.2, -0.15) is 0 Å². The van der Waals surface area contributed by atoms with Gasteiger partial charge in [0.05, 0.1) is 14.2 Å². The van der Waals surface area contributed by atoms with Crippen LogP contribution < -0.4 is 19.9 Å². The number of hydrogen-bond donors (Lipinski definition) is 1. The first-order chi connectivity index (χ1) is 10.7. The van der Waals surface area contributed by atoms with Gasteiger partial charge in [-0.05, 0) is 18.6 Å². The van der Waals surface area contributed by atoms with Crippen molar-refractivity contribution in [1.29, 1.82) is 0 Å². The second-order valence-electron chi connectivity index (χ2n) is 5.55. The Morgan fingerprint density at radius 1 is 1.09 bits per heavy atom. The first kappa shape index (κ1) is 14.7. The van der Waals surface area contributed by atoms with Gasteiger partial charge in [0.25, 0.3) is 0 Å². The van der Waals surface area contributed by atoms with E-state index in [-0.39, 0.29) is 12.1 Å². The smallest absolute Gasteiger partial charge is 0.168 e. The van der Waals surface area contributed by atoms with Crippen LogP contribution in [0.2, 0.25) is 0 Å². The molecule has 0 saturated heterocycles. The predicted molar refractivity (Wildman–Crippen MR) is 86.8 cm³/mol. The summed E-state index contributed by atoms with van der Waals surface area (Å²) in [5.74, 6) is 2.32. The fourth-order valence-electron chi connectivity index (χ4n) is 2.90. The topological polar surface area (TPSA) is 53.7 Å². The van der Waals surface area contributed by atoms with Gasteiger partial charge in [-0.15, -0.1) is 0 Å². The monoisotopic (exact) mass is 299 g/mol. The van der Waals surface area contributed by atoms with E-state index < -0.39 is 0 Å². The van der Waals surface area contributed by atoms with Crippen LogP contribution in [-0.4, -0.2) is 26.4 Å². The Morgan fingerprint density at radius 3 is 2.50 bits per heavy atom. The SMILES string of the molecule is COc1cccc(-c2cccc3c2OC(C(C)N)C3)c1OC. The fourth-order valence-corrected chi connectivity index (χ4v) is 2.90. The number of ether oxygens (including phenoxy) is 3. The van der Waals surface area contributed by atoms with Gasteiger partial charge in [-0.1, -0.05) is 30.3 Å². The molecule has 4 heteroatoms. The van der Waals surface area contributed by atoms with Crippen molar-refractivity contribution < 1.29 is 14.2 Å². The van der Waals surface area contributed by atoms with Gasteiger partial charge in [-0.25, -0.2) is 0 Å². The van der Waals surface area contributed by atoms with E-state index in [1.807, 2.05) is 37.3 Å².